The van der Waals surface area contributed by atoms with Gasteiger partial charge in [0.2, 0.25) is 5.78 Å². The molecule has 1 aromatic heterocycles. The molecule has 0 spiro atoms. The predicted octanol–water partition coefficient (Wildman–Crippen LogP) is 4.34. The molecule has 1 aromatic carbocycles. The first-order valence-electron chi connectivity index (χ1n) is 12.1. The van der Waals surface area contributed by atoms with Crippen LogP contribution in [0.2, 0.25) is 0 Å². The molecule has 0 radical (unpaired) electrons. The number of rotatable bonds is 10. The average molecular weight is 488 g/mol. The molecule has 1 saturated carbocycles. The van der Waals surface area contributed by atoms with Crippen LogP contribution in [0, 0.1) is 5.92 Å². The van der Waals surface area contributed by atoms with E-state index in [0.29, 0.717) is 36.6 Å². The molecule has 184 valence electrons. The summed E-state index contributed by atoms with van der Waals surface area (Å²) in [6, 6.07) is 8.76. The Balaban J connectivity index is 1.65. The van der Waals surface area contributed by atoms with Crippen molar-refractivity contribution in [2.75, 3.05) is 19.3 Å². The van der Waals surface area contributed by atoms with E-state index in [9.17, 15) is 14.4 Å². The smallest absolute Gasteiger partial charge is 0.390 e. The summed E-state index contributed by atoms with van der Waals surface area (Å²) in [6.45, 7) is 4.56. The van der Waals surface area contributed by atoms with Crippen molar-refractivity contribution in [2.45, 2.75) is 70.1 Å². The lowest BCUT2D eigenvalue weighted by Gasteiger charge is -2.17. The van der Waals surface area contributed by atoms with Crippen molar-refractivity contribution in [3.8, 4) is 0 Å². The van der Waals surface area contributed by atoms with Gasteiger partial charge in [-0.25, -0.2) is 5.32 Å². The molecule has 9 heteroatoms. The van der Waals surface area contributed by atoms with Gasteiger partial charge >= 0.3 is 11.9 Å². The molecule has 0 saturated heterocycles. The highest BCUT2D eigenvalue weighted by Crippen LogP contribution is 2.19. The monoisotopic (exact) mass is 487 g/mol. The molecule has 1 heterocycles. The van der Waals surface area contributed by atoms with Crippen LogP contribution in [0.5, 0.6) is 0 Å². The second-order valence-corrected chi connectivity index (χ2v) is 10.2. The lowest BCUT2D eigenvalue weighted by Crippen LogP contribution is -2.57. The van der Waals surface area contributed by atoms with E-state index in [0.717, 1.165) is 30.4 Å². The quantitative estimate of drug-likeness (QED) is 0.304. The summed E-state index contributed by atoms with van der Waals surface area (Å²) < 4.78 is 6.83. The van der Waals surface area contributed by atoms with Crippen molar-refractivity contribution in [3.05, 3.63) is 41.8 Å². The molecular weight excluding hydrogens is 452 g/mol. The Hall–Kier alpha value is -2.68. The highest BCUT2D eigenvalue weighted by atomic mass is 32.2. The molecular formula is C25H35N4O4S+. The fourth-order valence-corrected chi connectivity index (χ4v) is 4.64. The molecule has 0 aliphatic heterocycles. The van der Waals surface area contributed by atoms with Crippen LogP contribution in [-0.4, -0.2) is 53.1 Å². The maximum Gasteiger partial charge on any atom is 0.520 e. The van der Waals surface area contributed by atoms with Crippen molar-refractivity contribution < 1.29 is 23.5 Å². The first-order valence-corrected chi connectivity index (χ1v) is 13.0. The SMILES string of the molecule is CC(C)CCC(=O)c1oc(SCCN(C)C(=O)c2ccccc2)n[n+]1C(=O)NC1CCCCC1. The summed E-state index contributed by atoms with van der Waals surface area (Å²) in [5.74, 6) is 0.538. The molecule has 0 atom stereocenters. The van der Waals surface area contributed by atoms with Crippen LogP contribution < -0.4 is 10.00 Å². The van der Waals surface area contributed by atoms with Gasteiger partial charge in [-0.15, -0.1) is 0 Å². The second-order valence-electron chi connectivity index (χ2n) is 9.17. The van der Waals surface area contributed by atoms with Crippen LogP contribution in [0.15, 0.2) is 40.0 Å². The highest BCUT2D eigenvalue weighted by Gasteiger charge is 2.33. The third-order valence-corrected chi connectivity index (χ3v) is 6.69. The first kappa shape index (κ1) is 25.9. The number of Topliss-reactive ketones (excluding diaryl/α,β-unsaturated/α-hetero) is 1. The third kappa shape index (κ3) is 7.41. The minimum atomic E-state index is -0.424. The van der Waals surface area contributed by atoms with Gasteiger partial charge in [0.1, 0.15) is 0 Å². The fourth-order valence-electron chi connectivity index (χ4n) is 3.83. The van der Waals surface area contributed by atoms with E-state index < -0.39 is 6.03 Å². The predicted molar refractivity (Wildman–Crippen MR) is 130 cm³/mol. The highest BCUT2D eigenvalue weighted by molar-refractivity contribution is 7.99. The van der Waals surface area contributed by atoms with Gasteiger partial charge in [-0.05, 0) is 59.9 Å². The summed E-state index contributed by atoms with van der Waals surface area (Å²) in [5, 5.41) is 7.55. The number of amides is 2. The Labute approximate surface area is 205 Å². The number of nitrogens with zero attached hydrogens (tertiary/aromatic N) is 3. The van der Waals surface area contributed by atoms with Crippen LogP contribution in [0.3, 0.4) is 0 Å². The van der Waals surface area contributed by atoms with E-state index in [4.69, 9.17) is 4.42 Å². The molecule has 2 amide bonds. The van der Waals surface area contributed by atoms with Gasteiger partial charge in [0.25, 0.3) is 11.1 Å². The normalized spacial score (nSPS) is 14.2. The molecule has 1 aliphatic rings. The summed E-state index contributed by atoms with van der Waals surface area (Å²) in [5.41, 5.74) is 0.626. The zero-order valence-electron chi connectivity index (χ0n) is 20.3. The van der Waals surface area contributed by atoms with Crippen molar-refractivity contribution in [1.82, 2.24) is 15.3 Å². The maximum atomic E-state index is 12.9. The number of carbonyl (C=O) groups is 3. The largest absolute Gasteiger partial charge is 0.520 e. The number of benzene rings is 1. The summed E-state index contributed by atoms with van der Waals surface area (Å²) in [6.07, 6.45) is 6.23. The molecule has 1 aliphatic carbocycles. The standard InChI is InChI=1S/C25H34N4O4S/c1-18(2)14-15-21(30)23-29(24(32)26-20-12-8-5-9-13-20)27-25(33-23)34-17-16-28(3)22(31)19-10-6-4-7-11-19/h4,6-7,10-11,18,20H,5,8-9,12-17H2,1-3H3/p+1. The Kier molecular flexibility index (Phi) is 9.68. The van der Waals surface area contributed by atoms with Gasteiger partial charge in [0.15, 0.2) is 0 Å². The molecule has 1 N–H and O–H groups in total. The third-order valence-electron chi connectivity index (χ3n) is 5.89. The van der Waals surface area contributed by atoms with Gasteiger partial charge in [-0.3, -0.25) is 9.59 Å². The van der Waals surface area contributed by atoms with E-state index in [1.165, 1.54) is 18.2 Å². The van der Waals surface area contributed by atoms with Gasteiger partial charge in [-0.2, -0.15) is 4.79 Å². The van der Waals surface area contributed by atoms with Crippen LogP contribution in [0.1, 0.15) is 79.8 Å². The number of carbonyl (C=O) groups excluding carboxylic acids is 3. The molecule has 8 nitrogen and oxygen atoms in total. The Morgan fingerprint density at radius 2 is 1.88 bits per heavy atom. The lowest BCUT2D eigenvalue weighted by atomic mass is 9.96. The van der Waals surface area contributed by atoms with Gasteiger partial charge < -0.3 is 9.32 Å². The van der Waals surface area contributed by atoms with Crippen molar-refractivity contribution in [1.29, 1.82) is 0 Å². The van der Waals surface area contributed by atoms with E-state index in [2.05, 4.69) is 10.4 Å². The number of hydrogen-bond donors (Lipinski definition) is 1. The summed E-state index contributed by atoms with van der Waals surface area (Å²) in [7, 11) is 1.74. The Morgan fingerprint density at radius 1 is 1.18 bits per heavy atom. The van der Waals surface area contributed by atoms with Crippen molar-refractivity contribution in [3.63, 3.8) is 0 Å². The molecule has 0 bridgehead atoms. The van der Waals surface area contributed by atoms with E-state index >= 15 is 0 Å². The molecule has 0 unspecified atom stereocenters. The van der Waals surface area contributed by atoms with Crippen LogP contribution in [-0.2, 0) is 0 Å². The first-order chi connectivity index (χ1) is 16.3. The average Bonchev–Trinajstić information content (AvgIpc) is 3.27. The lowest BCUT2D eigenvalue weighted by molar-refractivity contribution is -0.640. The van der Waals surface area contributed by atoms with E-state index in [1.54, 1.807) is 24.1 Å². The number of ketones is 1. The van der Waals surface area contributed by atoms with Crippen molar-refractivity contribution in [2.24, 2.45) is 5.92 Å². The molecule has 34 heavy (non-hydrogen) atoms. The minimum Gasteiger partial charge on any atom is -0.390 e. The second kappa shape index (κ2) is 12.7. The maximum absolute atomic E-state index is 12.9. The molecule has 1 fully saturated rings. The van der Waals surface area contributed by atoms with Crippen LogP contribution in [0.25, 0.3) is 0 Å². The van der Waals surface area contributed by atoms with Gasteiger partial charge in [0, 0.05) is 31.3 Å². The number of nitrogens with one attached hydrogen (secondary N) is 1. The van der Waals surface area contributed by atoms with Gasteiger partial charge in [-0.1, -0.05) is 50.2 Å². The van der Waals surface area contributed by atoms with E-state index in [-0.39, 0.29) is 28.8 Å². The molecule has 2 aromatic rings. The number of hydrogen-bond acceptors (Lipinski definition) is 6. The number of thioether (sulfide) groups is 1. The van der Waals surface area contributed by atoms with Crippen molar-refractivity contribution >= 4 is 29.5 Å². The zero-order chi connectivity index (χ0) is 24.5. The Bertz CT molecular complexity index is 971. The zero-order valence-corrected chi connectivity index (χ0v) is 21.1. The summed E-state index contributed by atoms with van der Waals surface area (Å²) >= 11 is 1.28. The van der Waals surface area contributed by atoms with Crippen LogP contribution in [0.4, 0.5) is 4.79 Å². The topological polar surface area (TPSA) is 96.4 Å². The van der Waals surface area contributed by atoms with E-state index in [1.807, 2.05) is 32.0 Å². The summed E-state index contributed by atoms with van der Waals surface area (Å²) in [4.78, 5) is 39.9. The fraction of sp³-hybridized carbons (Fsp3) is 0.560. The molecule has 3 rings (SSSR count). The van der Waals surface area contributed by atoms with Crippen LogP contribution >= 0.6 is 11.8 Å². The number of aromatic nitrogens is 2. The van der Waals surface area contributed by atoms with Gasteiger partial charge in [0.05, 0.1) is 6.04 Å². The minimum absolute atomic E-state index is 0.0369. The Morgan fingerprint density at radius 3 is 2.56 bits per heavy atom.